The zero-order valence-electron chi connectivity index (χ0n) is 10.8. The number of carbonyl (C=O) groups is 2. The van der Waals surface area contributed by atoms with Crippen LogP contribution in [-0.4, -0.2) is 11.8 Å². The first-order valence-corrected chi connectivity index (χ1v) is 6.09. The fourth-order valence-electron chi connectivity index (χ4n) is 1.79. The molecule has 5 heteroatoms. The van der Waals surface area contributed by atoms with Crippen molar-refractivity contribution in [3.8, 4) is 0 Å². The van der Waals surface area contributed by atoms with Crippen LogP contribution in [0.5, 0.6) is 0 Å². The largest absolute Gasteiger partial charge is 0.398 e. The lowest BCUT2D eigenvalue weighted by Crippen LogP contribution is -2.16. The van der Waals surface area contributed by atoms with Crippen molar-refractivity contribution in [1.29, 1.82) is 0 Å². The van der Waals surface area contributed by atoms with Crippen molar-refractivity contribution in [2.45, 2.75) is 6.42 Å². The standard InChI is InChI=1S/C15H15N3O2/c16-13-4-2-1-3-11(13)9-14(19)18-12-7-5-10(6-8-12)15(17)20/h1-8H,9,16H2,(H2,17,20)(H,18,19). The zero-order chi connectivity index (χ0) is 14.5. The number of anilines is 2. The van der Waals surface area contributed by atoms with Gasteiger partial charge in [0.25, 0.3) is 0 Å². The minimum Gasteiger partial charge on any atom is -0.398 e. The van der Waals surface area contributed by atoms with Crippen LogP contribution in [0.4, 0.5) is 11.4 Å². The summed E-state index contributed by atoms with van der Waals surface area (Å²) in [5, 5.41) is 2.74. The number of hydrogen-bond donors (Lipinski definition) is 3. The van der Waals surface area contributed by atoms with Gasteiger partial charge in [0.05, 0.1) is 6.42 Å². The number of amides is 2. The van der Waals surface area contributed by atoms with Crippen molar-refractivity contribution in [3.63, 3.8) is 0 Å². The van der Waals surface area contributed by atoms with E-state index in [1.807, 2.05) is 18.2 Å². The Morgan fingerprint density at radius 2 is 1.65 bits per heavy atom. The first kappa shape index (κ1) is 13.6. The lowest BCUT2D eigenvalue weighted by atomic mass is 10.1. The lowest BCUT2D eigenvalue weighted by molar-refractivity contribution is -0.115. The van der Waals surface area contributed by atoms with Crippen LogP contribution in [0.3, 0.4) is 0 Å². The van der Waals surface area contributed by atoms with Crippen molar-refractivity contribution < 1.29 is 9.59 Å². The predicted octanol–water partition coefficient (Wildman–Crippen LogP) is 1.55. The third kappa shape index (κ3) is 3.35. The molecule has 0 radical (unpaired) electrons. The molecule has 2 aromatic carbocycles. The number of carbonyl (C=O) groups excluding carboxylic acids is 2. The second-order valence-electron chi connectivity index (χ2n) is 4.37. The Hall–Kier alpha value is -2.82. The molecule has 0 bridgehead atoms. The number of rotatable bonds is 4. The van der Waals surface area contributed by atoms with Crippen LogP contribution >= 0.6 is 0 Å². The second kappa shape index (κ2) is 5.88. The Kier molecular flexibility index (Phi) is 4.00. The van der Waals surface area contributed by atoms with E-state index >= 15 is 0 Å². The molecule has 20 heavy (non-hydrogen) atoms. The van der Waals surface area contributed by atoms with E-state index in [0.717, 1.165) is 5.56 Å². The van der Waals surface area contributed by atoms with Gasteiger partial charge in [-0.2, -0.15) is 0 Å². The molecule has 0 aromatic heterocycles. The van der Waals surface area contributed by atoms with Crippen molar-refractivity contribution in [1.82, 2.24) is 0 Å². The van der Waals surface area contributed by atoms with Crippen LogP contribution in [0, 0.1) is 0 Å². The first-order valence-electron chi connectivity index (χ1n) is 6.09. The molecule has 2 amide bonds. The number of hydrogen-bond acceptors (Lipinski definition) is 3. The van der Waals surface area contributed by atoms with E-state index in [4.69, 9.17) is 11.5 Å². The van der Waals surface area contributed by atoms with Crippen molar-refractivity contribution in [2.75, 3.05) is 11.1 Å². The molecule has 0 aliphatic heterocycles. The van der Waals surface area contributed by atoms with Crippen LogP contribution in [0.15, 0.2) is 48.5 Å². The van der Waals surface area contributed by atoms with Crippen molar-refractivity contribution in [3.05, 3.63) is 59.7 Å². The maximum Gasteiger partial charge on any atom is 0.248 e. The van der Waals surface area contributed by atoms with E-state index in [1.54, 1.807) is 30.3 Å². The number of nitrogens with one attached hydrogen (secondary N) is 1. The molecular formula is C15H15N3O2. The molecule has 0 saturated carbocycles. The average Bonchev–Trinajstić information content (AvgIpc) is 2.42. The molecule has 5 nitrogen and oxygen atoms in total. The molecule has 2 aromatic rings. The summed E-state index contributed by atoms with van der Waals surface area (Å²) in [6, 6.07) is 13.6. The summed E-state index contributed by atoms with van der Waals surface area (Å²) in [4.78, 5) is 22.8. The van der Waals surface area contributed by atoms with Gasteiger partial charge in [0.1, 0.15) is 0 Å². The highest BCUT2D eigenvalue weighted by Gasteiger charge is 2.07. The lowest BCUT2D eigenvalue weighted by Gasteiger charge is -2.07. The second-order valence-corrected chi connectivity index (χ2v) is 4.37. The minimum absolute atomic E-state index is 0.172. The number of para-hydroxylation sites is 1. The van der Waals surface area contributed by atoms with E-state index in [1.165, 1.54) is 0 Å². The summed E-state index contributed by atoms with van der Waals surface area (Å²) in [6.07, 6.45) is 0.199. The number of primary amides is 1. The van der Waals surface area contributed by atoms with E-state index in [0.29, 0.717) is 16.9 Å². The van der Waals surface area contributed by atoms with Gasteiger partial charge in [-0.05, 0) is 35.9 Å². The summed E-state index contributed by atoms with van der Waals surface area (Å²) in [6.45, 7) is 0. The molecule has 5 N–H and O–H groups in total. The summed E-state index contributed by atoms with van der Waals surface area (Å²) in [5.41, 5.74) is 13.3. The van der Waals surface area contributed by atoms with Gasteiger partial charge in [-0.25, -0.2) is 0 Å². The van der Waals surface area contributed by atoms with Gasteiger partial charge in [-0.15, -0.1) is 0 Å². The average molecular weight is 269 g/mol. The Labute approximate surface area is 116 Å². The van der Waals surface area contributed by atoms with Crippen LogP contribution in [-0.2, 0) is 11.2 Å². The summed E-state index contributed by atoms with van der Waals surface area (Å²) >= 11 is 0. The van der Waals surface area contributed by atoms with Crippen molar-refractivity contribution in [2.24, 2.45) is 5.73 Å². The molecule has 0 fully saturated rings. The molecule has 0 saturated heterocycles. The Morgan fingerprint density at radius 1 is 1.00 bits per heavy atom. The highest BCUT2D eigenvalue weighted by molar-refractivity contribution is 5.95. The maximum atomic E-state index is 11.9. The fourth-order valence-corrected chi connectivity index (χ4v) is 1.79. The molecule has 0 heterocycles. The van der Waals surface area contributed by atoms with Crippen LogP contribution < -0.4 is 16.8 Å². The third-order valence-electron chi connectivity index (χ3n) is 2.86. The quantitative estimate of drug-likeness (QED) is 0.734. The highest BCUT2D eigenvalue weighted by Crippen LogP contribution is 2.13. The number of benzene rings is 2. The smallest absolute Gasteiger partial charge is 0.248 e. The third-order valence-corrected chi connectivity index (χ3v) is 2.86. The van der Waals surface area contributed by atoms with Gasteiger partial charge in [-0.3, -0.25) is 9.59 Å². The topological polar surface area (TPSA) is 98.2 Å². The van der Waals surface area contributed by atoms with Gasteiger partial charge in [-0.1, -0.05) is 18.2 Å². The van der Waals surface area contributed by atoms with Gasteiger partial charge >= 0.3 is 0 Å². The fraction of sp³-hybridized carbons (Fsp3) is 0.0667. The Morgan fingerprint density at radius 3 is 2.25 bits per heavy atom. The zero-order valence-corrected chi connectivity index (χ0v) is 10.8. The van der Waals surface area contributed by atoms with E-state index < -0.39 is 5.91 Å². The predicted molar refractivity (Wildman–Crippen MR) is 78.1 cm³/mol. The SMILES string of the molecule is NC(=O)c1ccc(NC(=O)Cc2ccccc2N)cc1. The molecule has 0 aliphatic carbocycles. The van der Waals surface area contributed by atoms with Gasteiger partial charge in [0, 0.05) is 16.9 Å². The van der Waals surface area contributed by atoms with Gasteiger partial charge in [0.15, 0.2) is 0 Å². The normalized spacial score (nSPS) is 10.0. The maximum absolute atomic E-state index is 11.9. The molecule has 0 unspecified atom stereocenters. The molecule has 0 atom stereocenters. The molecule has 2 rings (SSSR count). The van der Waals surface area contributed by atoms with E-state index in [9.17, 15) is 9.59 Å². The van der Waals surface area contributed by atoms with Crippen LogP contribution in [0.2, 0.25) is 0 Å². The Balaban J connectivity index is 2.01. The monoisotopic (exact) mass is 269 g/mol. The molecule has 102 valence electrons. The van der Waals surface area contributed by atoms with Crippen LogP contribution in [0.1, 0.15) is 15.9 Å². The minimum atomic E-state index is -0.500. The first-order chi connectivity index (χ1) is 9.56. The van der Waals surface area contributed by atoms with Gasteiger partial charge < -0.3 is 16.8 Å². The molecular weight excluding hydrogens is 254 g/mol. The number of nitrogens with two attached hydrogens (primary N) is 2. The van der Waals surface area contributed by atoms with E-state index in [-0.39, 0.29) is 12.3 Å². The summed E-state index contributed by atoms with van der Waals surface area (Å²) in [5.74, 6) is -0.672. The Bertz CT molecular complexity index is 636. The van der Waals surface area contributed by atoms with E-state index in [2.05, 4.69) is 5.32 Å². The number of nitrogen functional groups attached to an aromatic ring is 1. The molecule has 0 spiro atoms. The van der Waals surface area contributed by atoms with Crippen molar-refractivity contribution >= 4 is 23.2 Å². The van der Waals surface area contributed by atoms with Gasteiger partial charge in [0.2, 0.25) is 11.8 Å². The summed E-state index contributed by atoms with van der Waals surface area (Å²) < 4.78 is 0. The van der Waals surface area contributed by atoms with Crippen LogP contribution in [0.25, 0.3) is 0 Å². The summed E-state index contributed by atoms with van der Waals surface area (Å²) in [7, 11) is 0. The highest BCUT2D eigenvalue weighted by atomic mass is 16.1. The molecule has 0 aliphatic rings.